The van der Waals surface area contributed by atoms with Gasteiger partial charge >= 0.3 is 0 Å². The molecule has 0 N–H and O–H groups in total. The highest BCUT2D eigenvalue weighted by atomic mass is 35.5. The topological polar surface area (TPSA) is 90.9 Å². The summed E-state index contributed by atoms with van der Waals surface area (Å²) in [7, 11) is -3.74. The lowest BCUT2D eigenvalue weighted by Gasteiger charge is -2.28. The molecule has 8 nitrogen and oxygen atoms in total. The molecule has 4 rings (SSSR count). The number of hydrogen-bond acceptors (Lipinski definition) is 7. The Morgan fingerprint density at radius 1 is 1.26 bits per heavy atom. The van der Waals surface area contributed by atoms with E-state index in [2.05, 4.69) is 9.88 Å². The maximum absolute atomic E-state index is 13.3. The molecule has 0 aliphatic carbocycles. The molecule has 3 aliphatic heterocycles. The SMILES string of the molecule is CC(C)[C@@H]1C(=O)N(S(C)(=O)=O)C2=CCN(C(=O)c3csc(CN4CCCCC4)n3)[C@H]21.Cl. The summed E-state index contributed by atoms with van der Waals surface area (Å²) in [5, 5.41) is 2.68. The highest BCUT2D eigenvalue weighted by Crippen LogP contribution is 2.41. The lowest BCUT2D eigenvalue weighted by atomic mass is 9.89. The smallest absolute Gasteiger partial charge is 0.274 e. The van der Waals surface area contributed by atoms with Gasteiger partial charge in [-0.25, -0.2) is 17.7 Å². The van der Waals surface area contributed by atoms with E-state index in [4.69, 9.17) is 0 Å². The summed E-state index contributed by atoms with van der Waals surface area (Å²) in [6.07, 6.45) is 6.38. The molecule has 2 fully saturated rings. The van der Waals surface area contributed by atoms with E-state index >= 15 is 0 Å². The van der Waals surface area contributed by atoms with Gasteiger partial charge in [0.25, 0.3) is 5.91 Å². The van der Waals surface area contributed by atoms with E-state index < -0.39 is 27.9 Å². The summed E-state index contributed by atoms with van der Waals surface area (Å²) in [4.78, 5) is 34.7. The molecule has 31 heavy (non-hydrogen) atoms. The molecule has 1 aromatic heterocycles. The number of amides is 2. The monoisotopic (exact) mass is 488 g/mol. The van der Waals surface area contributed by atoms with Crippen molar-refractivity contribution in [2.24, 2.45) is 11.8 Å². The van der Waals surface area contributed by atoms with Crippen LogP contribution in [0.2, 0.25) is 0 Å². The van der Waals surface area contributed by atoms with Gasteiger partial charge in [-0.1, -0.05) is 20.3 Å². The maximum atomic E-state index is 13.3. The van der Waals surface area contributed by atoms with Gasteiger partial charge in [0.2, 0.25) is 15.9 Å². The third-order valence-corrected chi connectivity index (χ3v) is 7.97. The Morgan fingerprint density at radius 2 is 1.94 bits per heavy atom. The summed E-state index contributed by atoms with van der Waals surface area (Å²) in [6, 6.07) is -0.563. The first-order valence-electron chi connectivity index (χ1n) is 10.4. The van der Waals surface area contributed by atoms with Gasteiger partial charge in [0, 0.05) is 11.9 Å². The standard InChI is InChI=1S/C20H28N4O4S2.ClH/c1-13(2)17-18-15(24(20(17)26)30(3,27)28)7-10-23(18)19(25)14-12-29-16(21-14)11-22-8-5-4-6-9-22;/h7,12-13,17-18H,4-6,8-11H2,1-3H3;1H/t17-,18+;/m0./s1. The van der Waals surface area contributed by atoms with E-state index in [1.54, 1.807) is 16.4 Å². The molecule has 11 heteroatoms. The first-order valence-corrected chi connectivity index (χ1v) is 13.1. The molecule has 172 valence electrons. The van der Waals surface area contributed by atoms with Crippen LogP contribution in [-0.4, -0.2) is 71.3 Å². The normalized spacial score (nSPS) is 24.4. The van der Waals surface area contributed by atoms with E-state index in [-0.39, 0.29) is 30.8 Å². The van der Waals surface area contributed by atoms with Crippen molar-refractivity contribution in [3.8, 4) is 0 Å². The number of hydrogen-bond donors (Lipinski definition) is 0. The van der Waals surface area contributed by atoms with E-state index in [0.717, 1.165) is 35.2 Å². The summed E-state index contributed by atoms with van der Waals surface area (Å²) in [6.45, 7) is 6.91. The Labute approximate surface area is 193 Å². The molecular formula is C20H29ClN4O4S2. The van der Waals surface area contributed by atoms with Gasteiger partial charge in [-0.2, -0.15) is 0 Å². The van der Waals surface area contributed by atoms with Gasteiger partial charge in [0.05, 0.1) is 30.5 Å². The minimum absolute atomic E-state index is 0. The van der Waals surface area contributed by atoms with Crippen LogP contribution in [0.1, 0.15) is 48.6 Å². The van der Waals surface area contributed by atoms with Gasteiger partial charge in [-0.15, -0.1) is 23.7 Å². The van der Waals surface area contributed by atoms with Crippen LogP contribution in [0.4, 0.5) is 0 Å². The number of carbonyl (C=O) groups is 2. The van der Waals surface area contributed by atoms with Gasteiger partial charge in [0.15, 0.2) is 0 Å². The molecule has 3 aliphatic rings. The van der Waals surface area contributed by atoms with Crippen LogP contribution >= 0.6 is 23.7 Å². The summed E-state index contributed by atoms with van der Waals surface area (Å²) >= 11 is 1.48. The second-order valence-corrected chi connectivity index (χ2v) is 11.4. The predicted molar refractivity (Wildman–Crippen MR) is 121 cm³/mol. The highest BCUT2D eigenvalue weighted by Gasteiger charge is 2.54. The fourth-order valence-electron chi connectivity index (χ4n) is 4.72. The molecule has 0 unspecified atom stereocenters. The summed E-state index contributed by atoms with van der Waals surface area (Å²) in [5.41, 5.74) is 0.771. The largest absolute Gasteiger partial charge is 0.324 e. The highest BCUT2D eigenvalue weighted by molar-refractivity contribution is 7.89. The number of likely N-dealkylation sites (tertiary alicyclic amines) is 1. The Hall–Kier alpha value is -1.49. The van der Waals surface area contributed by atoms with Crippen LogP contribution in [0.3, 0.4) is 0 Å². The van der Waals surface area contributed by atoms with Crippen molar-refractivity contribution in [3.63, 3.8) is 0 Å². The number of thiazole rings is 1. The Balaban J connectivity index is 0.00000272. The number of nitrogens with zero attached hydrogens (tertiary/aromatic N) is 4. The van der Waals surface area contributed by atoms with E-state index in [0.29, 0.717) is 11.4 Å². The second kappa shape index (κ2) is 9.17. The van der Waals surface area contributed by atoms with Crippen LogP contribution in [0.15, 0.2) is 17.2 Å². The van der Waals surface area contributed by atoms with Gasteiger partial charge < -0.3 is 4.90 Å². The molecule has 0 spiro atoms. The van der Waals surface area contributed by atoms with Crippen LogP contribution in [0, 0.1) is 11.8 Å². The quantitative estimate of drug-likeness (QED) is 0.631. The number of carbonyl (C=O) groups excluding carboxylic acids is 2. The first-order chi connectivity index (χ1) is 14.2. The van der Waals surface area contributed by atoms with Crippen molar-refractivity contribution in [2.75, 3.05) is 25.9 Å². The first kappa shape index (κ1) is 24.2. The number of rotatable bonds is 5. The van der Waals surface area contributed by atoms with Crippen LogP contribution in [0.5, 0.6) is 0 Å². The molecule has 4 heterocycles. The van der Waals surface area contributed by atoms with Crippen LogP contribution in [0.25, 0.3) is 0 Å². The Morgan fingerprint density at radius 3 is 2.55 bits per heavy atom. The second-order valence-electron chi connectivity index (χ2n) is 8.63. The molecule has 0 saturated carbocycles. The van der Waals surface area contributed by atoms with Crippen LogP contribution in [-0.2, 0) is 21.4 Å². The van der Waals surface area contributed by atoms with Gasteiger partial charge in [-0.05, 0) is 37.9 Å². The molecule has 2 saturated heterocycles. The van der Waals surface area contributed by atoms with Crippen LogP contribution < -0.4 is 0 Å². The Bertz CT molecular complexity index is 985. The maximum Gasteiger partial charge on any atom is 0.274 e. The van der Waals surface area contributed by atoms with Gasteiger partial charge in [0.1, 0.15) is 10.7 Å². The third kappa shape index (κ3) is 4.53. The van der Waals surface area contributed by atoms with Crippen molar-refractivity contribution in [3.05, 3.63) is 27.9 Å². The van der Waals surface area contributed by atoms with Crippen molar-refractivity contribution >= 4 is 45.6 Å². The van der Waals surface area contributed by atoms with Gasteiger partial charge in [-0.3, -0.25) is 14.5 Å². The zero-order valence-corrected chi connectivity index (χ0v) is 20.4. The average Bonchev–Trinajstić information content (AvgIpc) is 3.35. The Kier molecular flexibility index (Phi) is 7.15. The van der Waals surface area contributed by atoms with Crippen molar-refractivity contribution < 1.29 is 18.0 Å². The minimum atomic E-state index is -3.74. The zero-order chi connectivity index (χ0) is 21.6. The zero-order valence-electron chi connectivity index (χ0n) is 18.0. The fourth-order valence-corrected chi connectivity index (χ4v) is 6.54. The molecule has 2 atom stereocenters. The molecule has 0 aromatic carbocycles. The molecule has 0 bridgehead atoms. The molecular weight excluding hydrogens is 460 g/mol. The number of aromatic nitrogens is 1. The van der Waals surface area contributed by atoms with Crippen molar-refractivity contribution in [1.82, 2.24) is 19.1 Å². The number of piperidine rings is 1. The molecule has 2 amide bonds. The molecule has 1 aromatic rings. The lowest BCUT2D eigenvalue weighted by Crippen LogP contribution is -2.43. The minimum Gasteiger partial charge on any atom is -0.324 e. The van der Waals surface area contributed by atoms with E-state index in [1.165, 1.54) is 30.6 Å². The summed E-state index contributed by atoms with van der Waals surface area (Å²) < 4.78 is 25.4. The molecule has 0 radical (unpaired) electrons. The fraction of sp³-hybridized carbons (Fsp3) is 0.650. The average molecular weight is 489 g/mol. The van der Waals surface area contributed by atoms with Crippen molar-refractivity contribution in [1.29, 1.82) is 0 Å². The number of halogens is 1. The van der Waals surface area contributed by atoms with E-state index in [9.17, 15) is 18.0 Å². The van der Waals surface area contributed by atoms with E-state index in [1.807, 2.05) is 13.8 Å². The van der Waals surface area contributed by atoms with Crippen molar-refractivity contribution in [2.45, 2.75) is 45.7 Å². The lowest BCUT2D eigenvalue weighted by molar-refractivity contribution is -0.128. The number of fused-ring (bicyclic) bond motifs is 1. The summed E-state index contributed by atoms with van der Waals surface area (Å²) in [5.74, 6) is -1.38. The third-order valence-electron chi connectivity index (χ3n) is 6.09. The number of sulfonamides is 1. The predicted octanol–water partition coefficient (Wildman–Crippen LogP) is 2.33.